The number of benzene rings is 2. The Morgan fingerprint density at radius 1 is 1.15 bits per heavy atom. The zero-order valence-corrected chi connectivity index (χ0v) is 12.9. The van der Waals surface area contributed by atoms with Crippen LogP contribution in [0.5, 0.6) is 0 Å². The molecule has 0 saturated carbocycles. The predicted molar refractivity (Wildman–Crippen MR) is 83.9 cm³/mol. The molecule has 0 spiro atoms. The van der Waals surface area contributed by atoms with Gasteiger partial charge < -0.3 is 10.5 Å². The minimum absolute atomic E-state index is 0.208. The molecule has 0 unspecified atom stereocenters. The molecule has 1 atom stereocenters. The fourth-order valence-electron chi connectivity index (χ4n) is 2.36. The molecule has 1 heterocycles. The SMILES string of the molecule is NC1=N[C@@](c2ccc(Cl)cc2)(c2cccc(Br)c2)CO1. The van der Waals surface area contributed by atoms with Crippen LogP contribution in [0.25, 0.3) is 0 Å². The van der Waals surface area contributed by atoms with Crippen LogP contribution in [-0.4, -0.2) is 12.6 Å². The summed E-state index contributed by atoms with van der Waals surface area (Å²) in [4.78, 5) is 4.54. The summed E-state index contributed by atoms with van der Waals surface area (Å²) in [5.41, 5.74) is 7.15. The van der Waals surface area contributed by atoms with Crippen molar-refractivity contribution in [1.29, 1.82) is 0 Å². The molecule has 1 aliphatic heterocycles. The van der Waals surface area contributed by atoms with Crippen LogP contribution >= 0.6 is 27.5 Å². The molecule has 0 radical (unpaired) electrons. The molecule has 2 N–H and O–H groups in total. The molecule has 0 bridgehead atoms. The molecular weight excluding hydrogens is 340 g/mol. The predicted octanol–water partition coefficient (Wildman–Crippen LogP) is 3.69. The first-order valence-corrected chi connectivity index (χ1v) is 7.27. The lowest BCUT2D eigenvalue weighted by Crippen LogP contribution is -2.27. The minimum atomic E-state index is -0.613. The summed E-state index contributed by atoms with van der Waals surface area (Å²) in [7, 11) is 0. The first kappa shape index (κ1) is 13.5. The molecule has 0 amide bonds. The maximum absolute atomic E-state index is 5.96. The lowest BCUT2D eigenvalue weighted by Gasteiger charge is -2.25. The van der Waals surface area contributed by atoms with Gasteiger partial charge in [-0.15, -0.1) is 0 Å². The molecule has 5 heteroatoms. The Labute approximate surface area is 130 Å². The number of hydrogen-bond donors (Lipinski definition) is 1. The van der Waals surface area contributed by atoms with Crippen LogP contribution < -0.4 is 5.73 Å². The van der Waals surface area contributed by atoms with Crippen LogP contribution in [-0.2, 0) is 10.3 Å². The van der Waals surface area contributed by atoms with Crippen LogP contribution in [0.1, 0.15) is 11.1 Å². The monoisotopic (exact) mass is 350 g/mol. The van der Waals surface area contributed by atoms with E-state index in [-0.39, 0.29) is 6.02 Å². The van der Waals surface area contributed by atoms with Gasteiger partial charge in [0.2, 0.25) is 0 Å². The fraction of sp³-hybridized carbons (Fsp3) is 0.133. The maximum Gasteiger partial charge on any atom is 0.283 e. The van der Waals surface area contributed by atoms with Crippen molar-refractivity contribution in [2.75, 3.05) is 6.61 Å². The van der Waals surface area contributed by atoms with Gasteiger partial charge in [0.05, 0.1) is 0 Å². The number of nitrogens with two attached hydrogens (primary N) is 1. The number of halogens is 2. The third kappa shape index (κ3) is 2.30. The summed E-state index contributed by atoms with van der Waals surface area (Å²) in [6, 6.07) is 15.8. The van der Waals surface area contributed by atoms with Crippen LogP contribution in [0.3, 0.4) is 0 Å². The molecule has 0 aliphatic carbocycles. The Kier molecular flexibility index (Phi) is 3.44. The number of nitrogens with zero attached hydrogens (tertiary/aromatic N) is 1. The van der Waals surface area contributed by atoms with Crippen molar-refractivity contribution in [3.63, 3.8) is 0 Å². The highest BCUT2D eigenvalue weighted by Gasteiger charge is 2.40. The van der Waals surface area contributed by atoms with Gasteiger partial charge >= 0.3 is 0 Å². The van der Waals surface area contributed by atoms with E-state index < -0.39 is 5.54 Å². The minimum Gasteiger partial charge on any atom is -0.462 e. The molecule has 102 valence electrons. The van der Waals surface area contributed by atoms with Gasteiger partial charge in [0.1, 0.15) is 6.61 Å². The number of ether oxygens (including phenoxy) is 1. The van der Waals surface area contributed by atoms with E-state index in [0.717, 1.165) is 15.6 Å². The molecule has 0 aromatic heterocycles. The third-order valence-electron chi connectivity index (χ3n) is 3.35. The highest BCUT2D eigenvalue weighted by Crippen LogP contribution is 2.38. The van der Waals surface area contributed by atoms with Crippen LogP contribution in [0.15, 0.2) is 58.0 Å². The summed E-state index contributed by atoms with van der Waals surface area (Å²) in [6.45, 7) is 0.386. The molecule has 2 aromatic rings. The summed E-state index contributed by atoms with van der Waals surface area (Å²) < 4.78 is 6.42. The van der Waals surface area contributed by atoms with Crippen molar-refractivity contribution in [3.05, 3.63) is 69.2 Å². The van der Waals surface area contributed by atoms with Gasteiger partial charge in [-0.1, -0.05) is 51.8 Å². The van der Waals surface area contributed by atoms with E-state index in [0.29, 0.717) is 11.6 Å². The molecule has 3 nitrogen and oxygen atoms in total. The second-order valence-electron chi connectivity index (χ2n) is 4.62. The van der Waals surface area contributed by atoms with Crippen molar-refractivity contribution in [1.82, 2.24) is 0 Å². The molecule has 1 aliphatic rings. The molecule has 20 heavy (non-hydrogen) atoms. The van der Waals surface area contributed by atoms with Gasteiger partial charge in [-0.05, 0) is 35.4 Å². The second-order valence-corrected chi connectivity index (χ2v) is 5.97. The Morgan fingerprint density at radius 2 is 1.90 bits per heavy atom. The van der Waals surface area contributed by atoms with E-state index in [2.05, 4.69) is 20.9 Å². The first-order valence-electron chi connectivity index (χ1n) is 6.10. The highest BCUT2D eigenvalue weighted by atomic mass is 79.9. The topological polar surface area (TPSA) is 47.6 Å². The van der Waals surface area contributed by atoms with Crippen molar-refractivity contribution < 1.29 is 4.74 Å². The highest BCUT2D eigenvalue weighted by molar-refractivity contribution is 9.10. The molecular formula is C15H12BrClN2O. The van der Waals surface area contributed by atoms with Crippen molar-refractivity contribution in [2.45, 2.75) is 5.54 Å². The number of aliphatic imine (C=N–C) groups is 1. The Morgan fingerprint density at radius 3 is 2.50 bits per heavy atom. The maximum atomic E-state index is 5.96. The van der Waals surface area contributed by atoms with Crippen LogP contribution in [0.2, 0.25) is 5.02 Å². The van der Waals surface area contributed by atoms with Crippen molar-refractivity contribution in [3.8, 4) is 0 Å². The quantitative estimate of drug-likeness (QED) is 0.897. The lowest BCUT2D eigenvalue weighted by molar-refractivity contribution is 0.278. The van der Waals surface area contributed by atoms with Gasteiger partial charge in [-0.3, -0.25) is 0 Å². The zero-order chi connectivity index (χ0) is 14.2. The standard InChI is InChI=1S/C15H12BrClN2O/c16-12-3-1-2-11(8-12)15(9-20-14(18)19-15)10-4-6-13(17)7-5-10/h1-8H,9H2,(H2,18,19)/t15-/m0/s1. The summed E-state index contributed by atoms with van der Waals surface area (Å²) in [5, 5.41) is 0.689. The zero-order valence-electron chi connectivity index (χ0n) is 10.5. The summed E-state index contributed by atoms with van der Waals surface area (Å²) >= 11 is 9.46. The normalized spacial score (nSPS) is 21.4. The van der Waals surface area contributed by atoms with Crippen molar-refractivity contribution >= 4 is 33.6 Å². The Hall–Kier alpha value is -1.52. The van der Waals surface area contributed by atoms with E-state index in [1.54, 1.807) is 0 Å². The Balaban J connectivity index is 2.18. The summed E-state index contributed by atoms with van der Waals surface area (Å²) in [5.74, 6) is 0. The smallest absolute Gasteiger partial charge is 0.283 e. The number of hydrogen-bond acceptors (Lipinski definition) is 3. The van der Waals surface area contributed by atoms with Crippen LogP contribution in [0.4, 0.5) is 0 Å². The molecule has 0 fully saturated rings. The first-order chi connectivity index (χ1) is 9.60. The summed E-state index contributed by atoms with van der Waals surface area (Å²) in [6.07, 6.45) is 0. The average molecular weight is 352 g/mol. The van der Waals surface area contributed by atoms with E-state index in [1.165, 1.54) is 0 Å². The van der Waals surface area contributed by atoms with Crippen molar-refractivity contribution in [2.24, 2.45) is 10.7 Å². The van der Waals surface area contributed by atoms with Gasteiger partial charge in [0.25, 0.3) is 6.02 Å². The van der Waals surface area contributed by atoms with Gasteiger partial charge in [0, 0.05) is 9.50 Å². The molecule has 0 saturated heterocycles. The lowest BCUT2D eigenvalue weighted by atomic mass is 9.84. The Bertz CT molecular complexity index is 672. The largest absolute Gasteiger partial charge is 0.462 e. The molecule has 3 rings (SSSR count). The average Bonchev–Trinajstić information content (AvgIpc) is 2.83. The fourth-order valence-corrected chi connectivity index (χ4v) is 2.89. The van der Waals surface area contributed by atoms with Gasteiger partial charge in [-0.2, -0.15) is 0 Å². The van der Waals surface area contributed by atoms with E-state index >= 15 is 0 Å². The van der Waals surface area contributed by atoms with E-state index in [9.17, 15) is 0 Å². The van der Waals surface area contributed by atoms with Gasteiger partial charge in [0.15, 0.2) is 5.54 Å². The molecule has 2 aromatic carbocycles. The van der Waals surface area contributed by atoms with Gasteiger partial charge in [-0.25, -0.2) is 4.99 Å². The number of amidine groups is 1. The van der Waals surface area contributed by atoms with E-state index in [1.807, 2.05) is 48.5 Å². The third-order valence-corrected chi connectivity index (χ3v) is 4.10. The van der Waals surface area contributed by atoms with E-state index in [4.69, 9.17) is 22.1 Å². The second kappa shape index (κ2) is 5.11. The van der Waals surface area contributed by atoms with Crippen LogP contribution in [0, 0.1) is 0 Å². The number of rotatable bonds is 2.